The predicted octanol–water partition coefficient (Wildman–Crippen LogP) is 6.52. The summed E-state index contributed by atoms with van der Waals surface area (Å²) in [5, 5.41) is 0. The molecular weight excluding hydrogens is 413 g/mol. The predicted molar refractivity (Wildman–Crippen MR) is 134 cm³/mol. The smallest absolute Gasteiger partial charge is 0.126 e. The fraction of sp³-hybridized carbons (Fsp3) is 0.286. The van der Waals surface area contributed by atoms with Crippen molar-refractivity contribution in [2.75, 3.05) is 27.2 Å². The van der Waals surface area contributed by atoms with Crippen molar-refractivity contribution in [3.63, 3.8) is 0 Å². The Kier molecular flexibility index (Phi) is 6.99. The molecule has 170 valence electrons. The van der Waals surface area contributed by atoms with E-state index >= 15 is 0 Å². The number of fused-ring (bicyclic) bond motifs is 1. The fourth-order valence-electron chi connectivity index (χ4n) is 3.93. The molecule has 1 aromatic heterocycles. The first-order valence-corrected chi connectivity index (χ1v) is 11.3. The highest BCUT2D eigenvalue weighted by Crippen LogP contribution is 2.37. The van der Waals surface area contributed by atoms with Crippen molar-refractivity contribution in [2.45, 2.75) is 20.3 Å². The zero-order chi connectivity index (χ0) is 23.4. The fourth-order valence-corrected chi connectivity index (χ4v) is 3.93. The number of halogens is 1. The van der Waals surface area contributed by atoms with E-state index in [0.29, 0.717) is 12.2 Å². The third kappa shape index (κ3) is 5.37. The van der Waals surface area contributed by atoms with Gasteiger partial charge in [-0.15, -0.1) is 0 Å². The topological polar surface area (TPSA) is 37.7 Å². The molecule has 2 heterocycles. The molecule has 1 atom stereocenters. The van der Waals surface area contributed by atoms with Gasteiger partial charge in [-0.05, 0) is 81.0 Å². The minimum Gasteiger partial charge on any atom is -0.493 e. The molecular formula is C28H30FN3O. The summed E-state index contributed by atoms with van der Waals surface area (Å²) in [7, 11) is 4.13. The second-order valence-corrected chi connectivity index (χ2v) is 8.77. The van der Waals surface area contributed by atoms with Crippen molar-refractivity contribution in [2.24, 2.45) is 10.9 Å². The number of hydrogen-bond donors (Lipinski definition) is 0. The summed E-state index contributed by atoms with van der Waals surface area (Å²) < 4.78 is 20.1. The number of rotatable bonds is 7. The van der Waals surface area contributed by atoms with Crippen molar-refractivity contribution in [3.8, 4) is 22.4 Å². The molecule has 0 saturated heterocycles. The van der Waals surface area contributed by atoms with Crippen LogP contribution in [0.25, 0.3) is 28.1 Å². The molecule has 0 amide bonds. The molecule has 3 aromatic rings. The van der Waals surface area contributed by atoms with Crippen LogP contribution >= 0.6 is 0 Å². The van der Waals surface area contributed by atoms with Gasteiger partial charge in [0, 0.05) is 41.6 Å². The van der Waals surface area contributed by atoms with E-state index in [4.69, 9.17) is 4.74 Å². The van der Waals surface area contributed by atoms with Crippen molar-refractivity contribution < 1.29 is 9.13 Å². The second-order valence-electron chi connectivity index (χ2n) is 8.77. The van der Waals surface area contributed by atoms with Crippen LogP contribution in [0.2, 0.25) is 0 Å². The number of aromatic nitrogens is 1. The Morgan fingerprint density at radius 3 is 2.64 bits per heavy atom. The van der Waals surface area contributed by atoms with Gasteiger partial charge in [-0.25, -0.2) is 4.39 Å². The molecule has 4 rings (SSSR count). The summed E-state index contributed by atoms with van der Waals surface area (Å²) in [5.74, 6) is 0.828. The van der Waals surface area contributed by atoms with E-state index in [2.05, 4.69) is 54.1 Å². The first-order chi connectivity index (χ1) is 15.9. The molecule has 33 heavy (non-hydrogen) atoms. The molecule has 5 heteroatoms. The average molecular weight is 444 g/mol. The van der Waals surface area contributed by atoms with E-state index in [0.717, 1.165) is 52.4 Å². The molecule has 0 fully saturated rings. The van der Waals surface area contributed by atoms with Gasteiger partial charge in [0.2, 0.25) is 0 Å². The molecule has 0 aliphatic carbocycles. The molecule has 4 nitrogen and oxygen atoms in total. The lowest BCUT2D eigenvalue weighted by Gasteiger charge is -2.16. The van der Waals surface area contributed by atoms with Crippen molar-refractivity contribution in [1.82, 2.24) is 9.88 Å². The summed E-state index contributed by atoms with van der Waals surface area (Å²) in [4.78, 5) is 11.5. The van der Waals surface area contributed by atoms with Crippen LogP contribution in [0, 0.1) is 18.7 Å². The molecule has 0 spiro atoms. The molecule has 0 saturated carbocycles. The monoisotopic (exact) mass is 443 g/mol. The summed E-state index contributed by atoms with van der Waals surface area (Å²) in [6.45, 7) is 5.50. The zero-order valence-corrected chi connectivity index (χ0v) is 19.7. The molecule has 0 radical (unpaired) electrons. The number of benzene rings is 2. The standard InChI is InChI=1S/C28H30FN3O/c1-19-15-27(33-14-6-13-32(3)4)24-17-21(9-11-26(24)31-18-19)23-7-5-12-30-28(23)22-8-10-25(29)20(2)16-22/h5,7-12,15-19H,6,13-14H2,1-4H3. The van der Waals surface area contributed by atoms with Gasteiger partial charge in [0.1, 0.15) is 11.6 Å². The number of aryl methyl sites for hydroxylation is 1. The normalized spacial score (nSPS) is 15.2. The van der Waals surface area contributed by atoms with Crippen LogP contribution in [-0.2, 0) is 4.74 Å². The van der Waals surface area contributed by atoms with Crippen molar-refractivity contribution >= 4 is 17.7 Å². The molecule has 1 aliphatic rings. The van der Waals surface area contributed by atoms with Crippen LogP contribution in [-0.4, -0.2) is 43.3 Å². The van der Waals surface area contributed by atoms with E-state index in [9.17, 15) is 4.39 Å². The molecule has 1 aliphatic heterocycles. The van der Waals surface area contributed by atoms with Crippen molar-refractivity contribution in [3.05, 3.63) is 77.7 Å². The maximum absolute atomic E-state index is 13.9. The highest BCUT2D eigenvalue weighted by atomic mass is 19.1. The van der Waals surface area contributed by atoms with Gasteiger partial charge in [0.05, 0.1) is 18.0 Å². The lowest BCUT2D eigenvalue weighted by molar-refractivity contribution is 0.250. The minimum absolute atomic E-state index is 0.181. The minimum atomic E-state index is -0.213. The summed E-state index contributed by atoms with van der Waals surface area (Å²) >= 11 is 0. The maximum Gasteiger partial charge on any atom is 0.126 e. The SMILES string of the molecule is Cc1cc(-c2ncccc2-c2ccc3c(c2)C(OCCCN(C)C)=CC(C)C=N3)ccc1F. The van der Waals surface area contributed by atoms with Gasteiger partial charge in [0.25, 0.3) is 0 Å². The van der Waals surface area contributed by atoms with Crippen LogP contribution in [0.1, 0.15) is 24.5 Å². The number of aliphatic imine (C=N–C) groups is 1. The van der Waals surface area contributed by atoms with Crippen LogP contribution in [0.15, 0.2) is 65.8 Å². The van der Waals surface area contributed by atoms with Crippen LogP contribution < -0.4 is 0 Å². The Balaban J connectivity index is 1.72. The molecule has 2 aromatic carbocycles. The van der Waals surface area contributed by atoms with Crippen LogP contribution in [0.4, 0.5) is 10.1 Å². The summed E-state index contributed by atoms with van der Waals surface area (Å²) in [6, 6.07) is 15.3. The number of allylic oxidation sites excluding steroid dienone is 1. The number of nitrogens with zero attached hydrogens (tertiary/aromatic N) is 3. The first-order valence-electron chi connectivity index (χ1n) is 11.3. The highest BCUT2D eigenvalue weighted by molar-refractivity contribution is 5.87. The van der Waals surface area contributed by atoms with Gasteiger partial charge in [-0.2, -0.15) is 0 Å². The van der Waals surface area contributed by atoms with Crippen molar-refractivity contribution in [1.29, 1.82) is 0 Å². The van der Waals surface area contributed by atoms with E-state index < -0.39 is 0 Å². The second kappa shape index (κ2) is 10.1. The van der Waals surface area contributed by atoms with E-state index in [1.165, 1.54) is 6.07 Å². The quantitative estimate of drug-likeness (QED) is 0.390. The van der Waals surface area contributed by atoms with E-state index in [-0.39, 0.29) is 11.7 Å². The van der Waals surface area contributed by atoms with Gasteiger partial charge in [0.15, 0.2) is 0 Å². The van der Waals surface area contributed by atoms with Gasteiger partial charge < -0.3 is 9.64 Å². The highest BCUT2D eigenvalue weighted by Gasteiger charge is 2.17. The lowest BCUT2D eigenvalue weighted by Crippen LogP contribution is -2.14. The average Bonchev–Trinajstić information content (AvgIpc) is 2.96. The Morgan fingerprint density at radius 1 is 1.03 bits per heavy atom. The third-order valence-electron chi connectivity index (χ3n) is 5.68. The molecule has 0 N–H and O–H groups in total. The number of pyridine rings is 1. The van der Waals surface area contributed by atoms with Gasteiger partial charge >= 0.3 is 0 Å². The summed E-state index contributed by atoms with van der Waals surface area (Å²) in [6.07, 6.45) is 6.80. The maximum atomic E-state index is 13.9. The van der Waals surface area contributed by atoms with E-state index in [1.807, 2.05) is 30.5 Å². The Hall–Kier alpha value is -3.31. The Labute approximate surface area is 195 Å². The van der Waals surface area contributed by atoms with Crippen LogP contribution in [0.3, 0.4) is 0 Å². The third-order valence-corrected chi connectivity index (χ3v) is 5.68. The molecule has 1 unspecified atom stereocenters. The largest absolute Gasteiger partial charge is 0.493 e. The van der Waals surface area contributed by atoms with Gasteiger partial charge in [-0.1, -0.05) is 19.1 Å². The lowest BCUT2D eigenvalue weighted by atomic mass is 9.96. The number of hydrogen-bond acceptors (Lipinski definition) is 4. The Bertz CT molecular complexity index is 1200. The first kappa shape index (κ1) is 22.9. The number of ether oxygens (including phenoxy) is 1. The summed E-state index contributed by atoms with van der Waals surface area (Å²) in [5.41, 5.74) is 6.19. The zero-order valence-electron chi connectivity index (χ0n) is 19.7. The Morgan fingerprint density at radius 2 is 1.85 bits per heavy atom. The van der Waals surface area contributed by atoms with Gasteiger partial charge in [-0.3, -0.25) is 9.98 Å². The molecule has 0 bridgehead atoms. The van der Waals surface area contributed by atoms with Crippen LogP contribution in [0.5, 0.6) is 0 Å². The van der Waals surface area contributed by atoms with E-state index in [1.54, 1.807) is 19.2 Å².